The lowest BCUT2D eigenvalue weighted by atomic mass is 9.80. The first-order chi connectivity index (χ1) is 19.6. The molecule has 1 heterocycles. The number of hydrogen-bond acceptors (Lipinski definition) is 1. The third-order valence-electron chi connectivity index (χ3n) is 8.93. The second kappa shape index (κ2) is 8.69. The minimum absolute atomic E-state index is 0.0867. The van der Waals surface area contributed by atoms with E-state index < -0.39 is 0 Å². The maximum absolute atomic E-state index is 6.49. The van der Waals surface area contributed by atoms with Gasteiger partial charge in [0.1, 0.15) is 11.5 Å². The van der Waals surface area contributed by atoms with Crippen molar-refractivity contribution >= 4 is 16.3 Å². The van der Waals surface area contributed by atoms with E-state index in [0.717, 1.165) is 24.4 Å². The summed E-state index contributed by atoms with van der Waals surface area (Å²) in [6.45, 7) is 4.73. The molecule has 0 spiro atoms. The topological polar surface area (TPSA) is 9.23 Å². The molecule has 5 aromatic rings. The molecule has 192 valence electrons. The van der Waals surface area contributed by atoms with Gasteiger partial charge in [0.2, 0.25) is 0 Å². The van der Waals surface area contributed by atoms with Crippen LogP contribution in [0.5, 0.6) is 5.75 Å². The number of benzene rings is 5. The van der Waals surface area contributed by atoms with E-state index in [0.29, 0.717) is 0 Å². The van der Waals surface area contributed by atoms with Gasteiger partial charge >= 0.3 is 0 Å². The van der Waals surface area contributed by atoms with Crippen molar-refractivity contribution in [2.45, 2.75) is 32.1 Å². The number of fused-ring (bicyclic) bond motifs is 5. The average Bonchev–Trinajstić information content (AvgIpc) is 3.20. The maximum Gasteiger partial charge on any atom is 0.135 e. The summed E-state index contributed by atoms with van der Waals surface area (Å²) in [6, 6.07) is 35.8. The largest absolute Gasteiger partial charge is 0.456 e. The molecule has 40 heavy (non-hydrogen) atoms. The zero-order chi connectivity index (χ0) is 26.8. The molecule has 8 rings (SSSR count). The summed E-state index contributed by atoms with van der Waals surface area (Å²) in [7, 11) is 0. The van der Waals surface area contributed by atoms with Crippen LogP contribution in [0.2, 0.25) is 0 Å². The lowest BCUT2D eigenvalue weighted by Crippen LogP contribution is -2.15. The van der Waals surface area contributed by atoms with Crippen LogP contribution in [0.3, 0.4) is 0 Å². The smallest absolute Gasteiger partial charge is 0.135 e. The Balaban J connectivity index is 1.27. The van der Waals surface area contributed by atoms with E-state index in [1.165, 1.54) is 66.4 Å². The average molecular weight is 515 g/mol. The predicted molar refractivity (Wildman–Crippen MR) is 167 cm³/mol. The lowest BCUT2D eigenvalue weighted by Gasteiger charge is -2.25. The third-order valence-corrected chi connectivity index (χ3v) is 8.93. The van der Waals surface area contributed by atoms with Crippen LogP contribution >= 0.6 is 0 Å². The molecule has 5 aromatic carbocycles. The van der Waals surface area contributed by atoms with Gasteiger partial charge in [-0.2, -0.15) is 0 Å². The van der Waals surface area contributed by atoms with Crippen molar-refractivity contribution in [1.29, 1.82) is 0 Å². The molecule has 2 aliphatic carbocycles. The van der Waals surface area contributed by atoms with Crippen LogP contribution in [0.4, 0.5) is 0 Å². The van der Waals surface area contributed by atoms with Crippen LogP contribution in [0.1, 0.15) is 43.4 Å². The monoisotopic (exact) mass is 514 g/mol. The second-order valence-electron chi connectivity index (χ2n) is 11.6. The van der Waals surface area contributed by atoms with Crippen molar-refractivity contribution in [3.05, 3.63) is 144 Å². The normalized spacial score (nSPS) is 19.6. The van der Waals surface area contributed by atoms with Gasteiger partial charge < -0.3 is 4.74 Å². The highest BCUT2D eigenvalue weighted by Crippen LogP contribution is 2.52. The van der Waals surface area contributed by atoms with E-state index >= 15 is 0 Å². The molecule has 3 aliphatic rings. The van der Waals surface area contributed by atoms with E-state index in [9.17, 15) is 0 Å². The van der Waals surface area contributed by atoms with E-state index in [4.69, 9.17) is 4.74 Å². The van der Waals surface area contributed by atoms with Crippen molar-refractivity contribution in [2.75, 3.05) is 0 Å². The molecule has 0 unspecified atom stereocenters. The molecule has 0 bridgehead atoms. The molecule has 1 aliphatic heterocycles. The number of rotatable bonds is 2. The molecule has 0 atom stereocenters. The van der Waals surface area contributed by atoms with Crippen molar-refractivity contribution in [1.82, 2.24) is 0 Å². The SMILES string of the molecule is CC1(C)c2cc(-c3ccccc3)ccc2-c2ccc(-c3ccc4c5c(cccc35)C3=C/C=C\CC/C=C\3O4)cc21. The highest BCUT2D eigenvalue weighted by atomic mass is 16.5. The van der Waals surface area contributed by atoms with Crippen molar-refractivity contribution in [2.24, 2.45) is 0 Å². The molecule has 0 amide bonds. The fraction of sp³-hybridized carbons (Fsp3) is 0.128. The molecular formula is C39H30O. The van der Waals surface area contributed by atoms with Crippen LogP contribution in [0.15, 0.2) is 127 Å². The molecule has 1 nitrogen and oxygen atoms in total. The van der Waals surface area contributed by atoms with Crippen LogP contribution in [0, 0.1) is 0 Å². The molecule has 0 fully saturated rings. The van der Waals surface area contributed by atoms with E-state index in [1.807, 2.05) is 0 Å². The Morgan fingerprint density at radius 2 is 1.38 bits per heavy atom. The van der Waals surface area contributed by atoms with Gasteiger partial charge in [-0.3, -0.25) is 0 Å². The Hall–Kier alpha value is -4.62. The quantitative estimate of drug-likeness (QED) is 0.228. The summed E-state index contributed by atoms with van der Waals surface area (Å²) in [6.07, 6.45) is 10.9. The van der Waals surface area contributed by atoms with Gasteiger partial charge in [0.05, 0.1) is 0 Å². The van der Waals surface area contributed by atoms with Gasteiger partial charge in [-0.1, -0.05) is 111 Å². The summed E-state index contributed by atoms with van der Waals surface area (Å²) < 4.78 is 6.49. The Kier molecular flexibility index (Phi) is 5.06. The van der Waals surface area contributed by atoms with Crippen LogP contribution < -0.4 is 4.74 Å². The van der Waals surface area contributed by atoms with E-state index in [2.05, 4.69) is 135 Å². The molecule has 0 saturated heterocycles. The van der Waals surface area contributed by atoms with Crippen molar-refractivity contribution < 1.29 is 4.74 Å². The summed E-state index contributed by atoms with van der Waals surface area (Å²) in [5, 5.41) is 2.44. The number of allylic oxidation sites excluding steroid dienone is 5. The summed E-state index contributed by atoms with van der Waals surface area (Å²) in [4.78, 5) is 0. The Morgan fingerprint density at radius 1 is 0.625 bits per heavy atom. The first-order valence-corrected chi connectivity index (χ1v) is 14.3. The number of ether oxygens (including phenoxy) is 1. The lowest BCUT2D eigenvalue weighted by molar-refractivity contribution is 0.447. The second-order valence-corrected chi connectivity index (χ2v) is 11.6. The van der Waals surface area contributed by atoms with Crippen LogP contribution in [0.25, 0.3) is 49.7 Å². The zero-order valence-corrected chi connectivity index (χ0v) is 22.9. The van der Waals surface area contributed by atoms with Gasteiger partial charge in [0, 0.05) is 16.4 Å². The molecule has 0 aromatic heterocycles. The fourth-order valence-electron chi connectivity index (χ4n) is 6.85. The minimum atomic E-state index is -0.0867. The highest BCUT2D eigenvalue weighted by Gasteiger charge is 2.36. The molecule has 0 radical (unpaired) electrons. The van der Waals surface area contributed by atoms with Gasteiger partial charge in [0.15, 0.2) is 0 Å². The van der Waals surface area contributed by atoms with E-state index in [1.54, 1.807) is 0 Å². The standard InChI is InChI=1S/C39H30O/c1-39(2)34-23-26(25-11-6-5-7-12-25)17-19-29(34)30-20-18-27(24-35(30)39)28-21-22-37-38-32(28)14-10-15-33(38)31-13-8-3-4-9-16-36(31)40-37/h3,5-8,10-24H,4,9H2,1-2H3/b8-3-,31-13-,36-16+. The van der Waals surface area contributed by atoms with E-state index in [-0.39, 0.29) is 5.41 Å². The maximum atomic E-state index is 6.49. The van der Waals surface area contributed by atoms with Crippen molar-refractivity contribution in [3.63, 3.8) is 0 Å². The van der Waals surface area contributed by atoms with Crippen molar-refractivity contribution in [3.8, 4) is 39.1 Å². The zero-order valence-electron chi connectivity index (χ0n) is 22.9. The fourth-order valence-corrected chi connectivity index (χ4v) is 6.85. The van der Waals surface area contributed by atoms with Crippen LogP contribution in [-0.2, 0) is 5.41 Å². The minimum Gasteiger partial charge on any atom is -0.456 e. The Morgan fingerprint density at radius 3 is 2.20 bits per heavy atom. The first kappa shape index (κ1) is 23.3. The first-order valence-electron chi connectivity index (χ1n) is 14.3. The Labute approximate surface area is 235 Å². The summed E-state index contributed by atoms with van der Waals surface area (Å²) >= 11 is 0. The van der Waals surface area contributed by atoms with Gasteiger partial charge in [-0.05, 0) is 92.6 Å². The van der Waals surface area contributed by atoms with Gasteiger partial charge in [-0.25, -0.2) is 0 Å². The summed E-state index contributed by atoms with van der Waals surface area (Å²) in [5.74, 6) is 1.92. The molecular weight excluding hydrogens is 484 g/mol. The predicted octanol–water partition coefficient (Wildman–Crippen LogP) is 10.5. The van der Waals surface area contributed by atoms with Crippen LogP contribution in [-0.4, -0.2) is 0 Å². The van der Waals surface area contributed by atoms with Gasteiger partial charge in [0.25, 0.3) is 0 Å². The molecule has 0 saturated carbocycles. The number of hydrogen-bond donors (Lipinski definition) is 0. The Bertz CT molecular complexity index is 1930. The third kappa shape index (κ3) is 3.41. The summed E-state index contributed by atoms with van der Waals surface area (Å²) in [5.41, 5.74) is 12.8. The molecule has 0 N–H and O–H groups in total. The highest BCUT2D eigenvalue weighted by molar-refractivity contribution is 6.09. The molecule has 1 heteroatoms. The van der Waals surface area contributed by atoms with Gasteiger partial charge in [-0.15, -0.1) is 0 Å².